The summed E-state index contributed by atoms with van der Waals surface area (Å²) in [6.45, 7) is 1.92. The molecule has 0 aliphatic rings. The van der Waals surface area contributed by atoms with Crippen molar-refractivity contribution in [2.24, 2.45) is 5.84 Å². The minimum absolute atomic E-state index is 0.00934. The van der Waals surface area contributed by atoms with Crippen LogP contribution in [-0.2, 0) is 6.42 Å². The van der Waals surface area contributed by atoms with Gasteiger partial charge in [0.05, 0.1) is 0 Å². The molecule has 4 N–H and O–H groups in total. The Kier molecular flexibility index (Phi) is 5.05. The molecule has 6 heteroatoms. The SMILES string of the molecule is CC(CCc1ccccc1)Nc1nc(NN)c(F)cc1F. The predicted octanol–water partition coefficient (Wildman–Crippen LogP) is 3.08. The van der Waals surface area contributed by atoms with Gasteiger partial charge in [0.2, 0.25) is 0 Å². The number of nitrogens with two attached hydrogens (primary N) is 1. The van der Waals surface area contributed by atoms with E-state index >= 15 is 0 Å². The van der Waals surface area contributed by atoms with E-state index in [1.165, 1.54) is 5.56 Å². The lowest BCUT2D eigenvalue weighted by atomic mass is 10.1. The van der Waals surface area contributed by atoms with Crippen molar-refractivity contribution in [3.8, 4) is 0 Å². The summed E-state index contributed by atoms with van der Waals surface area (Å²) in [5.41, 5.74) is 3.31. The third-order valence-electron chi connectivity index (χ3n) is 3.16. The van der Waals surface area contributed by atoms with Gasteiger partial charge in [0.1, 0.15) is 0 Å². The van der Waals surface area contributed by atoms with Crippen LogP contribution >= 0.6 is 0 Å². The summed E-state index contributed by atoms with van der Waals surface area (Å²) in [7, 11) is 0. The minimum atomic E-state index is -0.822. The fourth-order valence-corrected chi connectivity index (χ4v) is 2.00. The van der Waals surface area contributed by atoms with Crippen LogP contribution in [0.3, 0.4) is 0 Å². The molecule has 2 aromatic rings. The Hall–Kier alpha value is -2.21. The molecule has 112 valence electrons. The Morgan fingerprint density at radius 1 is 1.14 bits per heavy atom. The lowest BCUT2D eigenvalue weighted by Crippen LogP contribution is -2.19. The number of hydrogen-bond donors (Lipinski definition) is 3. The normalized spacial score (nSPS) is 12.0. The smallest absolute Gasteiger partial charge is 0.178 e. The maximum atomic E-state index is 13.7. The minimum Gasteiger partial charge on any atom is -0.365 e. The van der Waals surface area contributed by atoms with Crippen LogP contribution in [0, 0.1) is 11.6 Å². The first-order valence-corrected chi connectivity index (χ1v) is 6.73. The number of nitrogens with zero attached hydrogens (tertiary/aromatic N) is 1. The maximum Gasteiger partial charge on any atom is 0.178 e. The van der Waals surface area contributed by atoms with Crippen molar-refractivity contribution in [3.05, 3.63) is 53.6 Å². The van der Waals surface area contributed by atoms with Crippen LogP contribution in [0.2, 0.25) is 0 Å². The highest BCUT2D eigenvalue weighted by molar-refractivity contribution is 5.47. The van der Waals surface area contributed by atoms with Gasteiger partial charge in [-0.15, -0.1) is 0 Å². The molecule has 0 saturated carbocycles. The summed E-state index contributed by atoms with van der Waals surface area (Å²) in [6.07, 6.45) is 1.66. The lowest BCUT2D eigenvalue weighted by molar-refractivity contribution is 0.574. The molecule has 0 saturated heterocycles. The Bertz CT molecular complexity index is 590. The molecule has 0 aliphatic carbocycles. The van der Waals surface area contributed by atoms with E-state index in [0.29, 0.717) is 0 Å². The molecule has 0 amide bonds. The molecule has 0 bridgehead atoms. The summed E-state index contributed by atoms with van der Waals surface area (Å²) in [6, 6.07) is 10.8. The largest absolute Gasteiger partial charge is 0.365 e. The first-order chi connectivity index (χ1) is 10.1. The van der Waals surface area contributed by atoms with Gasteiger partial charge in [-0.25, -0.2) is 19.6 Å². The van der Waals surface area contributed by atoms with Crippen molar-refractivity contribution in [3.63, 3.8) is 0 Å². The highest BCUT2D eigenvalue weighted by Crippen LogP contribution is 2.19. The zero-order valence-electron chi connectivity index (χ0n) is 11.7. The average Bonchev–Trinajstić information content (AvgIpc) is 2.49. The van der Waals surface area contributed by atoms with Crippen molar-refractivity contribution in [1.29, 1.82) is 0 Å². The zero-order valence-corrected chi connectivity index (χ0v) is 11.7. The first kappa shape index (κ1) is 15.2. The van der Waals surface area contributed by atoms with E-state index in [4.69, 9.17) is 5.84 Å². The van der Waals surface area contributed by atoms with E-state index in [1.54, 1.807) is 0 Å². The number of pyridine rings is 1. The molecule has 1 heterocycles. The van der Waals surface area contributed by atoms with E-state index < -0.39 is 11.6 Å². The second-order valence-corrected chi connectivity index (χ2v) is 4.86. The van der Waals surface area contributed by atoms with Gasteiger partial charge in [0.15, 0.2) is 23.3 Å². The number of hydrazine groups is 1. The number of benzene rings is 1. The van der Waals surface area contributed by atoms with Crippen molar-refractivity contribution in [2.75, 3.05) is 10.7 Å². The summed E-state index contributed by atoms with van der Waals surface area (Å²) in [5, 5.41) is 2.93. The van der Waals surface area contributed by atoms with E-state index in [9.17, 15) is 8.78 Å². The second kappa shape index (κ2) is 6.99. The molecule has 1 atom stereocenters. The second-order valence-electron chi connectivity index (χ2n) is 4.86. The number of nitrogens with one attached hydrogen (secondary N) is 2. The van der Waals surface area contributed by atoms with Crippen LogP contribution < -0.4 is 16.6 Å². The maximum absolute atomic E-state index is 13.7. The number of hydrogen-bond acceptors (Lipinski definition) is 4. The van der Waals surface area contributed by atoms with Crippen LogP contribution in [0.5, 0.6) is 0 Å². The fourth-order valence-electron chi connectivity index (χ4n) is 2.00. The van der Waals surface area contributed by atoms with Crippen molar-refractivity contribution < 1.29 is 8.78 Å². The molecule has 0 aliphatic heterocycles. The molecule has 0 spiro atoms. The highest BCUT2D eigenvalue weighted by Gasteiger charge is 2.13. The average molecular weight is 292 g/mol. The molecule has 1 aromatic carbocycles. The molecular weight excluding hydrogens is 274 g/mol. The van der Waals surface area contributed by atoms with Crippen LogP contribution in [0.1, 0.15) is 18.9 Å². The Balaban J connectivity index is 1.97. The first-order valence-electron chi connectivity index (χ1n) is 6.73. The quantitative estimate of drug-likeness (QED) is 0.565. The number of halogens is 2. The molecule has 1 aromatic heterocycles. The molecule has 0 radical (unpaired) electrons. The van der Waals surface area contributed by atoms with Crippen LogP contribution in [0.25, 0.3) is 0 Å². The summed E-state index contributed by atoms with van der Waals surface area (Å²) in [4.78, 5) is 3.79. The Morgan fingerprint density at radius 2 is 1.81 bits per heavy atom. The monoisotopic (exact) mass is 292 g/mol. The molecular formula is C15H18F2N4. The molecule has 21 heavy (non-hydrogen) atoms. The van der Waals surface area contributed by atoms with Gasteiger partial charge in [0.25, 0.3) is 0 Å². The third-order valence-corrected chi connectivity index (χ3v) is 3.16. The number of anilines is 2. The van der Waals surface area contributed by atoms with Gasteiger partial charge in [-0.1, -0.05) is 30.3 Å². The van der Waals surface area contributed by atoms with Gasteiger partial charge >= 0.3 is 0 Å². The summed E-state index contributed by atoms with van der Waals surface area (Å²) in [5.74, 6) is 3.38. The van der Waals surface area contributed by atoms with E-state index in [-0.39, 0.29) is 17.7 Å². The number of aromatic nitrogens is 1. The molecule has 1 unspecified atom stereocenters. The third kappa shape index (κ3) is 4.13. The fraction of sp³-hybridized carbons (Fsp3) is 0.267. The Labute approximate surface area is 122 Å². The number of rotatable bonds is 6. The summed E-state index contributed by atoms with van der Waals surface area (Å²) >= 11 is 0. The topological polar surface area (TPSA) is 63.0 Å². The number of nitrogen functional groups attached to an aromatic ring is 1. The van der Waals surface area contributed by atoms with Crippen LogP contribution in [0.15, 0.2) is 36.4 Å². The van der Waals surface area contributed by atoms with Gasteiger partial charge in [0, 0.05) is 12.1 Å². The predicted molar refractivity (Wildman–Crippen MR) is 79.8 cm³/mol. The van der Waals surface area contributed by atoms with Crippen LogP contribution in [-0.4, -0.2) is 11.0 Å². The molecule has 0 fully saturated rings. The number of aryl methyl sites for hydroxylation is 1. The van der Waals surface area contributed by atoms with E-state index in [2.05, 4.69) is 15.7 Å². The van der Waals surface area contributed by atoms with Gasteiger partial charge < -0.3 is 10.7 Å². The van der Waals surface area contributed by atoms with Crippen molar-refractivity contribution in [2.45, 2.75) is 25.8 Å². The molecule has 2 rings (SSSR count). The van der Waals surface area contributed by atoms with Gasteiger partial charge in [-0.3, -0.25) is 0 Å². The van der Waals surface area contributed by atoms with Crippen molar-refractivity contribution in [1.82, 2.24) is 4.98 Å². The van der Waals surface area contributed by atoms with Crippen molar-refractivity contribution >= 4 is 11.6 Å². The van der Waals surface area contributed by atoms with E-state index in [0.717, 1.165) is 18.9 Å². The van der Waals surface area contributed by atoms with Gasteiger partial charge in [-0.2, -0.15) is 0 Å². The zero-order chi connectivity index (χ0) is 15.2. The standard InChI is InChI=1S/C15H18F2N4/c1-10(7-8-11-5-3-2-4-6-11)19-14-12(16)9-13(17)15(20-14)21-18/h2-6,9-10H,7-8,18H2,1H3,(H2,19,20,21). The van der Waals surface area contributed by atoms with E-state index in [1.807, 2.05) is 37.3 Å². The van der Waals surface area contributed by atoms with Crippen LogP contribution in [0.4, 0.5) is 20.4 Å². The molecule has 4 nitrogen and oxygen atoms in total. The highest BCUT2D eigenvalue weighted by atomic mass is 19.1. The van der Waals surface area contributed by atoms with Gasteiger partial charge in [-0.05, 0) is 25.3 Å². The Morgan fingerprint density at radius 3 is 2.48 bits per heavy atom. The summed E-state index contributed by atoms with van der Waals surface area (Å²) < 4.78 is 26.9. The lowest BCUT2D eigenvalue weighted by Gasteiger charge is -2.16.